The van der Waals surface area contributed by atoms with E-state index in [-0.39, 0.29) is 22.9 Å². The van der Waals surface area contributed by atoms with Gasteiger partial charge in [0, 0.05) is 5.56 Å². The average Bonchev–Trinajstić information content (AvgIpc) is 2.90. The molecular weight excluding hydrogens is 517 g/mol. The van der Waals surface area contributed by atoms with E-state index in [1.807, 2.05) is 19.1 Å². The third kappa shape index (κ3) is 6.69. The van der Waals surface area contributed by atoms with Crippen LogP contribution in [0.5, 0.6) is 5.88 Å². The van der Waals surface area contributed by atoms with Gasteiger partial charge in [-0.15, -0.1) is 0 Å². The highest BCUT2D eigenvalue weighted by molar-refractivity contribution is 7.89. The van der Waals surface area contributed by atoms with Crippen LogP contribution >= 0.6 is 0 Å². The minimum Gasteiger partial charge on any atom is -0.473 e. The van der Waals surface area contributed by atoms with Gasteiger partial charge in [-0.05, 0) is 86.7 Å². The van der Waals surface area contributed by atoms with Crippen LogP contribution in [0.1, 0.15) is 63.5 Å². The summed E-state index contributed by atoms with van der Waals surface area (Å²) in [7, 11) is -3.77. The number of hydrogen-bond acceptors (Lipinski definition) is 7. The summed E-state index contributed by atoms with van der Waals surface area (Å²) >= 11 is 0. The van der Waals surface area contributed by atoms with Gasteiger partial charge in [-0.1, -0.05) is 31.4 Å². The lowest BCUT2D eigenvalue weighted by Gasteiger charge is -2.22. The fourth-order valence-electron chi connectivity index (χ4n) is 4.83. The van der Waals surface area contributed by atoms with Gasteiger partial charge < -0.3 is 10.1 Å². The molecule has 0 spiro atoms. The van der Waals surface area contributed by atoms with Crippen LogP contribution in [0, 0.1) is 5.82 Å². The molecule has 1 fully saturated rings. The van der Waals surface area contributed by atoms with Crippen molar-refractivity contribution in [3.05, 3.63) is 72.0 Å². The fraction of sp³-hybridized carbons (Fsp3) is 0.345. The predicted molar refractivity (Wildman–Crippen MR) is 149 cm³/mol. The number of rotatable bonds is 7. The van der Waals surface area contributed by atoms with Crippen molar-refractivity contribution in [2.24, 2.45) is 5.14 Å². The molecule has 5 rings (SSSR count). The Labute approximate surface area is 227 Å². The number of benzene rings is 2. The van der Waals surface area contributed by atoms with Crippen LogP contribution in [0.2, 0.25) is 0 Å². The number of ether oxygens (including phenoxy) is 1. The normalized spacial score (nSPS) is 15.9. The maximum atomic E-state index is 13.5. The average molecular weight is 550 g/mol. The highest BCUT2D eigenvalue weighted by atomic mass is 32.2. The van der Waals surface area contributed by atoms with E-state index in [1.165, 1.54) is 43.5 Å². The summed E-state index contributed by atoms with van der Waals surface area (Å²) < 4.78 is 43.2. The molecule has 2 aromatic carbocycles. The minimum atomic E-state index is -3.77. The largest absolute Gasteiger partial charge is 0.473 e. The molecule has 8 nitrogen and oxygen atoms in total. The molecule has 10 heteroatoms. The molecule has 2 aromatic heterocycles. The fourth-order valence-corrected chi connectivity index (χ4v) is 5.35. The SMILES string of the molecule is C[C@@H](Nc1nc(OC2CCCCCCC2)c2nc(-c3ccc(F)cc3)ccc2n1)c1ccc(S(N)(=O)=O)cc1. The van der Waals surface area contributed by atoms with Gasteiger partial charge in [-0.25, -0.2) is 27.9 Å². The van der Waals surface area contributed by atoms with E-state index in [4.69, 9.17) is 24.8 Å². The van der Waals surface area contributed by atoms with Gasteiger partial charge in [0.2, 0.25) is 21.9 Å². The van der Waals surface area contributed by atoms with Gasteiger partial charge >= 0.3 is 0 Å². The first kappa shape index (κ1) is 27.0. The summed E-state index contributed by atoms with van der Waals surface area (Å²) in [6.07, 6.45) is 7.83. The summed E-state index contributed by atoms with van der Waals surface area (Å²) in [6.45, 7) is 1.94. The van der Waals surface area contributed by atoms with Gasteiger partial charge in [0.15, 0.2) is 5.52 Å². The van der Waals surface area contributed by atoms with E-state index in [9.17, 15) is 12.8 Å². The number of hydrogen-bond donors (Lipinski definition) is 2. The minimum absolute atomic E-state index is 0.0377. The second kappa shape index (κ2) is 11.6. The van der Waals surface area contributed by atoms with Crippen LogP contribution < -0.4 is 15.2 Å². The van der Waals surface area contributed by atoms with E-state index in [0.29, 0.717) is 28.6 Å². The van der Waals surface area contributed by atoms with Crippen molar-refractivity contribution in [1.82, 2.24) is 15.0 Å². The summed E-state index contributed by atoms with van der Waals surface area (Å²) in [5.74, 6) is 0.483. The second-order valence-corrected chi connectivity index (χ2v) is 11.5. The van der Waals surface area contributed by atoms with Crippen LogP contribution in [-0.2, 0) is 10.0 Å². The molecule has 204 valence electrons. The molecule has 2 heterocycles. The monoisotopic (exact) mass is 549 g/mol. The van der Waals surface area contributed by atoms with Gasteiger partial charge in [0.25, 0.3) is 0 Å². The lowest BCUT2D eigenvalue weighted by atomic mass is 9.98. The van der Waals surface area contributed by atoms with Crippen molar-refractivity contribution in [2.75, 3.05) is 5.32 Å². The van der Waals surface area contributed by atoms with Crippen LogP contribution in [0.4, 0.5) is 10.3 Å². The first-order chi connectivity index (χ1) is 18.8. The molecule has 0 radical (unpaired) electrons. The molecule has 39 heavy (non-hydrogen) atoms. The summed E-state index contributed by atoms with van der Waals surface area (Å²) in [4.78, 5) is 14.3. The summed E-state index contributed by atoms with van der Waals surface area (Å²) in [5.41, 5.74) is 3.48. The smallest absolute Gasteiger partial charge is 0.245 e. The summed E-state index contributed by atoms with van der Waals surface area (Å²) in [5, 5.41) is 8.53. The maximum Gasteiger partial charge on any atom is 0.245 e. The molecule has 1 aliphatic rings. The van der Waals surface area contributed by atoms with Crippen LogP contribution in [0.15, 0.2) is 65.6 Å². The standard InChI is InChI=1S/C29H32FN5O3S/c1-19(20-11-15-24(16-12-20)39(31,36)37)32-29-34-26-18-17-25(21-9-13-22(30)14-10-21)33-27(26)28(35-29)38-23-7-5-3-2-4-6-8-23/h9-19,23H,2-8H2,1H3,(H2,31,36,37)(H,32,34,35)/t19-/m1/s1. The maximum absolute atomic E-state index is 13.5. The zero-order chi connectivity index (χ0) is 27.4. The molecule has 0 amide bonds. The Morgan fingerprint density at radius 1 is 0.897 bits per heavy atom. The highest BCUT2D eigenvalue weighted by Crippen LogP contribution is 2.30. The van der Waals surface area contributed by atoms with Gasteiger partial charge in [-0.3, -0.25) is 0 Å². The number of nitrogens with two attached hydrogens (primary N) is 1. The highest BCUT2D eigenvalue weighted by Gasteiger charge is 2.19. The number of primary sulfonamides is 1. The van der Waals surface area contributed by atoms with Gasteiger partial charge in [0.1, 0.15) is 11.9 Å². The molecule has 0 aliphatic heterocycles. The number of sulfonamides is 1. The van der Waals surface area contributed by atoms with Crippen molar-refractivity contribution in [3.63, 3.8) is 0 Å². The van der Waals surface area contributed by atoms with Crippen molar-refractivity contribution in [3.8, 4) is 17.1 Å². The van der Waals surface area contributed by atoms with Crippen molar-refractivity contribution in [2.45, 2.75) is 68.9 Å². The Morgan fingerprint density at radius 3 is 2.23 bits per heavy atom. The van der Waals surface area contributed by atoms with Crippen molar-refractivity contribution < 1.29 is 17.5 Å². The van der Waals surface area contributed by atoms with E-state index < -0.39 is 10.0 Å². The quantitative estimate of drug-likeness (QED) is 0.284. The first-order valence-corrected chi connectivity index (χ1v) is 14.8. The first-order valence-electron chi connectivity index (χ1n) is 13.3. The third-order valence-electron chi connectivity index (χ3n) is 7.04. The predicted octanol–water partition coefficient (Wildman–Crippen LogP) is 6.14. The van der Waals surface area contributed by atoms with E-state index in [2.05, 4.69) is 5.32 Å². The Balaban J connectivity index is 1.48. The molecule has 1 aliphatic carbocycles. The zero-order valence-electron chi connectivity index (χ0n) is 21.8. The number of nitrogens with one attached hydrogen (secondary N) is 1. The Hall–Kier alpha value is -3.63. The van der Waals surface area contributed by atoms with Crippen LogP contribution in [-0.4, -0.2) is 29.5 Å². The van der Waals surface area contributed by atoms with Gasteiger partial charge in [0.05, 0.1) is 22.1 Å². The lowest BCUT2D eigenvalue weighted by Crippen LogP contribution is -2.19. The van der Waals surface area contributed by atoms with Gasteiger partial charge in [-0.2, -0.15) is 4.98 Å². The lowest BCUT2D eigenvalue weighted by molar-refractivity contribution is 0.162. The molecular formula is C29H32FN5O3S. The molecule has 1 atom stereocenters. The van der Waals surface area contributed by atoms with E-state index in [1.54, 1.807) is 24.3 Å². The van der Waals surface area contributed by atoms with E-state index >= 15 is 0 Å². The molecule has 0 bridgehead atoms. The van der Waals surface area contributed by atoms with Crippen molar-refractivity contribution >= 4 is 27.0 Å². The molecule has 3 N–H and O–H groups in total. The number of nitrogens with zero attached hydrogens (tertiary/aromatic N) is 3. The summed E-state index contributed by atoms with van der Waals surface area (Å²) in [6, 6.07) is 16.1. The number of aromatic nitrogens is 3. The molecule has 4 aromatic rings. The molecule has 0 saturated heterocycles. The number of pyridine rings is 1. The number of fused-ring (bicyclic) bond motifs is 1. The molecule has 0 unspecified atom stereocenters. The third-order valence-corrected chi connectivity index (χ3v) is 7.96. The number of halogens is 1. The number of anilines is 1. The Bertz CT molecular complexity index is 1540. The Kier molecular flexibility index (Phi) is 8.04. The van der Waals surface area contributed by atoms with Crippen LogP contribution in [0.3, 0.4) is 0 Å². The van der Waals surface area contributed by atoms with Crippen molar-refractivity contribution in [1.29, 1.82) is 0 Å². The molecule has 1 saturated carbocycles. The topological polar surface area (TPSA) is 120 Å². The van der Waals surface area contributed by atoms with E-state index in [0.717, 1.165) is 36.8 Å². The second-order valence-electron chi connectivity index (χ2n) is 9.99. The zero-order valence-corrected chi connectivity index (χ0v) is 22.6. The Morgan fingerprint density at radius 2 is 1.56 bits per heavy atom. The van der Waals surface area contributed by atoms with Crippen LogP contribution in [0.25, 0.3) is 22.3 Å².